The minimum absolute atomic E-state index is 0.110. The maximum Gasteiger partial charge on any atom is 0.317 e. The van der Waals surface area contributed by atoms with E-state index in [2.05, 4.69) is 12.1 Å². The van der Waals surface area contributed by atoms with Gasteiger partial charge in [-0.3, -0.25) is 4.79 Å². The van der Waals surface area contributed by atoms with Crippen LogP contribution in [0.5, 0.6) is 0 Å². The minimum Gasteiger partial charge on any atom is -0.480 e. The van der Waals surface area contributed by atoms with Gasteiger partial charge in [-0.15, -0.1) is 11.8 Å². The predicted molar refractivity (Wildman–Crippen MR) is 76.1 cm³/mol. The second kappa shape index (κ2) is 5.44. The Hall–Kier alpha value is -1.48. The number of carbonyl (C=O) groups is 1. The van der Waals surface area contributed by atoms with Crippen molar-refractivity contribution in [2.45, 2.75) is 24.0 Å². The van der Waals surface area contributed by atoms with Crippen molar-refractivity contribution in [2.24, 2.45) is 5.92 Å². The highest BCUT2D eigenvalue weighted by molar-refractivity contribution is 8.00. The van der Waals surface area contributed by atoms with Crippen molar-refractivity contribution in [1.29, 1.82) is 0 Å². The number of rotatable bonds is 4. The number of hydrogen-bond acceptors (Lipinski definition) is 2. The highest BCUT2D eigenvalue weighted by Gasteiger charge is 2.22. The van der Waals surface area contributed by atoms with Gasteiger partial charge < -0.3 is 5.11 Å². The van der Waals surface area contributed by atoms with E-state index in [1.165, 1.54) is 17.1 Å². The molecule has 2 nitrogen and oxygen atoms in total. The Labute approximate surface area is 111 Å². The summed E-state index contributed by atoms with van der Waals surface area (Å²) in [5, 5.41) is 11.1. The Morgan fingerprint density at radius 3 is 2.39 bits per heavy atom. The summed E-state index contributed by atoms with van der Waals surface area (Å²) in [7, 11) is 0. The van der Waals surface area contributed by atoms with Crippen LogP contribution < -0.4 is 0 Å². The first-order chi connectivity index (χ1) is 8.58. The molecule has 0 unspecified atom stereocenters. The van der Waals surface area contributed by atoms with Gasteiger partial charge in [-0.2, -0.15) is 0 Å². The number of hydrogen-bond donors (Lipinski definition) is 1. The fraction of sp³-hybridized carbons (Fsp3) is 0.267. The molecule has 2 aromatic rings. The molecule has 0 aromatic heterocycles. The third-order valence-corrected chi connectivity index (χ3v) is 4.36. The lowest BCUT2D eigenvalue weighted by molar-refractivity contribution is -0.137. The van der Waals surface area contributed by atoms with Gasteiger partial charge in [-0.25, -0.2) is 0 Å². The highest BCUT2D eigenvalue weighted by Crippen LogP contribution is 2.30. The van der Waals surface area contributed by atoms with E-state index in [0.717, 1.165) is 10.3 Å². The van der Waals surface area contributed by atoms with E-state index in [-0.39, 0.29) is 5.92 Å². The van der Waals surface area contributed by atoms with Crippen LogP contribution in [0.1, 0.15) is 13.8 Å². The highest BCUT2D eigenvalue weighted by atomic mass is 32.2. The zero-order valence-corrected chi connectivity index (χ0v) is 11.3. The van der Waals surface area contributed by atoms with Crippen molar-refractivity contribution in [1.82, 2.24) is 0 Å². The van der Waals surface area contributed by atoms with Crippen LogP contribution >= 0.6 is 11.8 Å². The maximum atomic E-state index is 11.2. The van der Waals surface area contributed by atoms with Crippen molar-refractivity contribution in [2.75, 3.05) is 0 Å². The van der Waals surface area contributed by atoms with Gasteiger partial charge in [0.2, 0.25) is 0 Å². The number of carboxylic acid groups (broad SMARTS) is 1. The number of aliphatic carboxylic acids is 1. The largest absolute Gasteiger partial charge is 0.480 e. The average Bonchev–Trinajstić information content (AvgIpc) is 2.35. The summed E-state index contributed by atoms with van der Waals surface area (Å²) in [5.41, 5.74) is 0. The summed E-state index contributed by atoms with van der Waals surface area (Å²) in [6, 6.07) is 14.2. The number of benzene rings is 2. The molecular weight excluding hydrogens is 244 g/mol. The summed E-state index contributed by atoms with van der Waals surface area (Å²) in [5.74, 6) is -0.637. The molecular formula is C15H16O2S. The average molecular weight is 260 g/mol. The lowest BCUT2D eigenvalue weighted by Gasteiger charge is -2.15. The fourth-order valence-electron chi connectivity index (χ4n) is 1.86. The molecule has 1 atom stereocenters. The molecule has 0 aliphatic carbocycles. The molecule has 0 saturated heterocycles. The van der Waals surface area contributed by atoms with Crippen LogP contribution in [0.15, 0.2) is 47.4 Å². The first-order valence-corrected chi connectivity index (χ1v) is 6.84. The van der Waals surface area contributed by atoms with Gasteiger partial charge >= 0.3 is 5.97 Å². The Balaban J connectivity index is 2.28. The maximum absolute atomic E-state index is 11.2. The first-order valence-electron chi connectivity index (χ1n) is 5.96. The third-order valence-electron chi connectivity index (χ3n) is 2.83. The monoisotopic (exact) mass is 260 g/mol. The van der Waals surface area contributed by atoms with E-state index >= 15 is 0 Å². The molecule has 0 saturated carbocycles. The smallest absolute Gasteiger partial charge is 0.317 e. The van der Waals surface area contributed by atoms with Crippen LogP contribution in [0, 0.1) is 5.92 Å². The van der Waals surface area contributed by atoms with Gasteiger partial charge in [-0.1, -0.05) is 44.2 Å². The second-order valence-electron chi connectivity index (χ2n) is 4.63. The van der Waals surface area contributed by atoms with Crippen LogP contribution in [0.2, 0.25) is 0 Å². The van der Waals surface area contributed by atoms with E-state index < -0.39 is 11.2 Å². The standard InChI is InChI=1S/C15H16O2S/c1-10(2)14(15(16)17)18-13-8-7-11-5-3-4-6-12(11)9-13/h3-10,14H,1-2H3,(H,16,17)/t14-/m0/s1. The molecule has 18 heavy (non-hydrogen) atoms. The molecule has 0 bridgehead atoms. The first kappa shape index (κ1) is 13.0. The van der Waals surface area contributed by atoms with Crippen LogP contribution in [0.25, 0.3) is 10.8 Å². The molecule has 0 aliphatic heterocycles. The van der Waals surface area contributed by atoms with E-state index in [1.54, 1.807) is 0 Å². The molecule has 0 heterocycles. The van der Waals surface area contributed by atoms with Crippen LogP contribution in [0.4, 0.5) is 0 Å². The van der Waals surface area contributed by atoms with Crippen LogP contribution in [0.3, 0.4) is 0 Å². The van der Waals surface area contributed by atoms with Gasteiger partial charge in [0.05, 0.1) is 0 Å². The van der Waals surface area contributed by atoms with Crippen LogP contribution in [-0.2, 0) is 4.79 Å². The fourth-order valence-corrected chi connectivity index (χ4v) is 2.87. The van der Waals surface area contributed by atoms with Gasteiger partial charge in [0.1, 0.15) is 5.25 Å². The Kier molecular flexibility index (Phi) is 3.92. The van der Waals surface area contributed by atoms with Crippen molar-refractivity contribution in [3.05, 3.63) is 42.5 Å². The number of carboxylic acids is 1. The summed E-state index contributed by atoms with van der Waals surface area (Å²) in [6.07, 6.45) is 0. The van der Waals surface area contributed by atoms with E-state index in [0.29, 0.717) is 0 Å². The molecule has 0 aliphatic rings. The lowest BCUT2D eigenvalue weighted by atomic mass is 10.1. The summed E-state index contributed by atoms with van der Waals surface area (Å²) < 4.78 is 0. The molecule has 0 amide bonds. The van der Waals surface area contributed by atoms with Crippen molar-refractivity contribution < 1.29 is 9.90 Å². The molecule has 1 N–H and O–H groups in total. The Morgan fingerprint density at radius 2 is 1.78 bits per heavy atom. The third kappa shape index (κ3) is 2.85. The van der Waals surface area contributed by atoms with Crippen molar-refractivity contribution >= 4 is 28.5 Å². The summed E-state index contributed by atoms with van der Waals surface area (Å²) in [4.78, 5) is 12.2. The Morgan fingerprint density at radius 1 is 1.11 bits per heavy atom. The van der Waals surface area contributed by atoms with E-state index in [4.69, 9.17) is 0 Å². The topological polar surface area (TPSA) is 37.3 Å². The number of thioether (sulfide) groups is 1. The quantitative estimate of drug-likeness (QED) is 0.843. The molecule has 2 aromatic carbocycles. The summed E-state index contributed by atoms with van der Waals surface area (Å²) in [6.45, 7) is 3.87. The molecule has 0 spiro atoms. The zero-order valence-electron chi connectivity index (χ0n) is 10.5. The van der Waals surface area contributed by atoms with Gasteiger partial charge in [0, 0.05) is 4.90 Å². The molecule has 94 valence electrons. The Bertz CT molecular complexity index is 563. The zero-order chi connectivity index (χ0) is 13.1. The van der Waals surface area contributed by atoms with Crippen molar-refractivity contribution in [3.8, 4) is 0 Å². The molecule has 3 heteroatoms. The van der Waals surface area contributed by atoms with Crippen molar-refractivity contribution in [3.63, 3.8) is 0 Å². The normalized spacial score (nSPS) is 12.8. The van der Waals surface area contributed by atoms with E-state index in [9.17, 15) is 9.90 Å². The SMILES string of the molecule is CC(C)[C@H](Sc1ccc2ccccc2c1)C(=O)O. The summed E-state index contributed by atoms with van der Waals surface area (Å²) >= 11 is 1.42. The van der Waals surface area contributed by atoms with Gasteiger partial charge in [0.15, 0.2) is 0 Å². The predicted octanol–water partition coefficient (Wildman–Crippen LogP) is 4.04. The molecule has 0 fully saturated rings. The number of fused-ring (bicyclic) bond motifs is 1. The minimum atomic E-state index is -0.747. The van der Waals surface area contributed by atoms with Gasteiger partial charge in [-0.05, 0) is 28.8 Å². The van der Waals surface area contributed by atoms with Gasteiger partial charge in [0.25, 0.3) is 0 Å². The van der Waals surface area contributed by atoms with Crippen LogP contribution in [-0.4, -0.2) is 16.3 Å². The lowest BCUT2D eigenvalue weighted by Crippen LogP contribution is -2.22. The molecule has 2 rings (SSSR count). The second-order valence-corrected chi connectivity index (χ2v) is 5.84. The van der Waals surface area contributed by atoms with E-state index in [1.807, 2.05) is 44.2 Å². The molecule has 0 radical (unpaired) electrons.